The van der Waals surface area contributed by atoms with Crippen molar-refractivity contribution in [1.82, 2.24) is 0 Å². The normalized spacial score (nSPS) is 19.0. The third-order valence-electron chi connectivity index (χ3n) is 4.41. The smallest absolute Gasteiger partial charge is 0.227 e. The SMILES string of the molecule is O=C(CC1COc2ccccc21)N1CCc2ccccc21. The Morgan fingerprint density at radius 3 is 2.90 bits per heavy atom. The van der Waals surface area contributed by atoms with Gasteiger partial charge in [-0.25, -0.2) is 0 Å². The summed E-state index contributed by atoms with van der Waals surface area (Å²) in [5.41, 5.74) is 3.52. The lowest BCUT2D eigenvalue weighted by Crippen LogP contribution is -2.30. The first kappa shape index (κ1) is 12.5. The van der Waals surface area contributed by atoms with Crippen LogP contribution < -0.4 is 9.64 Å². The van der Waals surface area contributed by atoms with Gasteiger partial charge in [0.25, 0.3) is 0 Å². The number of amides is 1. The van der Waals surface area contributed by atoms with E-state index in [1.165, 1.54) is 11.1 Å². The molecule has 0 aromatic heterocycles. The van der Waals surface area contributed by atoms with Gasteiger partial charge in [0, 0.05) is 30.1 Å². The second kappa shape index (κ2) is 4.92. The molecular weight excluding hydrogens is 262 g/mol. The van der Waals surface area contributed by atoms with E-state index in [1.807, 2.05) is 41.3 Å². The molecule has 0 aliphatic carbocycles. The predicted octanol–water partition coefficient (Wildman–Crippen LogP) is 3.14. The average molecular weight is 279 g/mol. The number of rotatable bonds is 2. The van der Waals surface area contributed by atoms with Crippen molar-refractivity contribution in [3.63, 3.8) is 0 Å². The standard InChI is InChI=1S/C18H17NO2/c20-18(19-10-9-13-5-1-3-7-16(13)19)11-14-12-21-17-8-4-2-6-15(14)17/h1-8,14H,9-12H2. The molecule has 2 aromatic carbocycles. The number of anilines is 1. The Bertz CT molecular complexity index is 695. The third-order valence-corrected chi connectivity index (χ3v) is 4.41. The summed E-state index contributed by atoms with van der Waals surface area (Å²) in [5, 5.41) is 0. The van der Waals surface area contributed by atoms with Crippen LogP contribution in [0.1, 0.15) is 23.5 Å². The monoisotopic (exact) mass is 279 g/mol. The van der Waals surface area contributed by atoms with Crippen LogP contribution in [0.2, 0.25) is 0 Å². The first-order chi connectivity index (χ1) is 10.3. The van der Waals surface area contributed by atoms with Crippen molar-refractivity contribution in [2.75, 3.05) is 18.1 Å². The van der Waals surface area contributed by atoms with Crippen LogP contribution >= 0.6 is 0 Å². The highest BCUT2D eigenvalue weighted by atomic mass is 16.5. The van der Waals surface area contributed by atoms with Gasteiger partial charge in [0.15, 0.2) is 0 Å². The van der Waals surface area contributed by atoms with Gasteiger partial charge in [-0.2, -0.15) is 0 Å². The summed E-state index contributed by atoms with van der Waals surface area (Å²) in [6.07, 6.45) is 1.48. The van der Waals surface area contributed by atoms with Gasteiger partial charge < -0.3 is 9.64 Å². The van der Waals surface area contributed by atoms with Crippen LogP contribution in [-0.2, 0) is 11.2 Å². The second-order valence-electron chi connectivity index (χ2n) is 5.67. The van der Waals surface area contributed by atoms with Crippen LogP contribution in [0.3, 0.4) is 0 Å². The fraction of sp³-hybridized carbons (Fsp3) is 0.278. The molecule has 1 atom stereocenters. The molecule has 0 bridgehead atoms. The third kappa shape index (κ3) is 2.09. The highest BCUT2D eigenvalue weighted by Crippen LogP contribution is 2.37. The van der Waals surface area contributed by atoms with Gasteiger partial charge in [-0.05, 0) is 24.1 Å². The maximum atomic E-state index is 12.6. The van der Waals surface area contributed by atoms with Crippen LogP contribution in [0.15, 0.2) is 48.5 Å². The number of carbonyl (C=O) groups is 1. The number of benzene rings is 2. The highest BCUT2D eigenvalue weighted by Gasteiger charge is 2.30. The van der Waals surface area contributed by atoms with Crippen LogP contribution in [0, 0.1) is 0 Å². The number of ether oxygens (including phenoxy) is 1. The first-order valence-electron chi connectivity index (χ1n) is 7.43. The fourth-order valence-corrected chi connectivity index (χ4v) is 3.32. The van der Waals surface area contributed by atoms with E-state index >= 15 is 0 Å². The molecule has 2 aromatic rings. The number of hydrogen-bond donors (Lipinski definition) is 0. The molecule has 3 heteroatoms. The number of nitrogens with zero attached hydrogens (tertiary/aromatic N) is 1. The molecule has 4 rings (SSSR count). The largest absolute Gasteiger partial charge is 0.493 e. The minimum Gasteiger partial charge on any atom is -0.493 e. The Hall–Kier alpha value is -2.29. The summed E-state index contributed by atoms with van der Waals surface area (Å²) in [7, 11) is 0. The number of fused-ring (bicyclic) bond motifs is 2. The second-order valence-corrected chi connectivity index (χ2v) is 5.67. The number of hydrogen-bond acceptors (Lipinski definition) is 2. The molecule has 106 valence electrons. The van der Waals surface area contributed by atoms with Crippen molar-refractivity contribution in [3.8, 4) is 5.75 Å². The van der Waals surface area contributed by atoms with E-state index in [9.17, 15) is 4.79 Å². The molecule has 1 unspecified atom stereocenters. The lowest BCUT2D eigenvalue weighted by Gasteiger charge is -2.19. The molecule has 0 saturated heterocycles. The number of carbonyl (C=O) groups excluding carboxylic acids is 1. The minimum atomic E-state index is 0.182. The lowest BCUT2D eigenvalue weighted by atomic mass is 9.97. The zero-order chi connectivity index (χ0) is 14.2. The molecule has 0 fully saturated rings. The highest BCUT2D eigenvalue weighted by molar-refractivity contribution is 5.96. The maximum Gasteiger partial charge on any atom is 0.227 e. The fourth-order valence-electron chi connectivity index (χ4n) is 3.32. The Labute approximate surface area is 124 Å². The predicted molar refractivity (Wildman–Crippen MR) is 81.8 cm³/mol. The molecule has 0 saturated carbocycles. The quantitative estimate of drug-likeness (QED) is 0.845. The van der Waals surface area contributed by atoms with Gasteiger partial charge in [-0.15, -0.1) is 0 Å². The Morgan fingerprint density at radius 1 is 1.14 bits per heavy atom. The van der Waals surface area contributed by atoms with Crippen molar-refractivity contribution in [2.45, 2.75) is 18.8 Å². The van der Waals surface area contributed by atoms with Gasteiger partial charge in [0.05, 0.1) is 6.61 Å². The Morgan fingerprint density at radius 2 is 1.95 bits per heavy atom. The van der Waals surface area contributed by atoms with Gasteiger partial charge in [-0.3, -0.25) is 4.79 Å². The topological polar surface area (TPSA) is 29.5 Å². The van der Waals surface area contributed by atoms with E-state index in [2.05, 4.69) is 12.1 Å². The van der Waals surface area contributed by atoms with Gasteiger partial charge >= 0.3 is 0 Å². The van der Waals surface area contributed by atoms with Gasteiger partial charge in [0.2, 0.25) is 5.91 Å². The van der Waals surface area contributed by atoms with Crippen molar-refractivity contribution in [2.24, 2.45) is 0 Å². The van der Waals surface area contributed by atoms with Crippen LogP contribution in [-0.4, -0.2) is 19.1 Å². The molecule has 0 spiro atoms. The van der Waals surface area contributed by atoms with E-state index in [0.717, 1.165) is 24.4 Å². The van der Waals surface area contributed by atoms with Crippen LogP contribution in [0.25, 0.3) is 0 Å². The van der Waals surface area contributed by atoms with E-state index in [1.54, 1.807) is 0 Å². The molecule has 21 heavy (non-hydrogen) atoms. The van der Waals surface area contributed by atoms with E-state index < -0.39 is 0 Å². The van der Waals surface area contributed by atoms with E-state index in [-0.39, 0.29) is 11.8 Å². The lowest BCUT2D eigenvalue weighted by molar-refractivity contribution is -0.118. The van der Waals surface area contributed by atoms with Crippen molar-refractivity contribution < 1.29 is 9.53 Å². The molecule has 2 heterocycles. The Kier molecular flexibility index (Phi) is 2.92. The van der Waals surface area contributed by atoms with Gasteiger partial charge in [0.1, 0.15) is 5.75 Å². The van der Waals surface area contributed by atoms with Crippen LogP contribution in [0.5, 0.6) is 5.75 Å². The maximum absolute atomic E-state index is 12.6. The minimum absolute atomic E-state index is 0.182. The summed E-state index contributed by atoms with van der Waals surface area (Å²) in [4.78, 5) is 14.6. The molecule has 0 radical (unpaired) electrons. The van der Waals surface area contributed by atoms with E-state index in [4.69, 9.17) is 4.74 Å². The Balaban J connectivity index is 1.53. The average Bonchev–Trinajstić information content (AvgIpc) is 3.12. The van der Waals surface area contributed by atoms with Crippen LogP contribution in [0.4, 0.5) is 5.69 Å². The molecule has 2 aliphatic rings. The summed E-state index contributed by atoms with van der Waals surface area (Å²) in [6, 6.07) is 16.2. The van der Waals surface area contributed by atoms with Crippen molar-refractivity contribution in [3.05, 3.63) is 59.7 Å². The summed E-state index contributed by atoms with van der Waals surface area (Å²) in [5.74, 6) is 1.31. The first-order valence-corrected chi connectivity index (χ1v) is 7.43. The number of para-hydroxylation sites is 2. The zero-order valence-corrected chi connectivity index (χ0v) is 11.8. The molecule has 3 nitrogen and oxygen atoms in total. The zero-order valence-electron chi connectivity index (χ0n) is 11.8. The van der Waals surface area contributed by atoms with Crippen molar-refractivity contribution >= 4 is 11.6 Å². The molecule has 2 aliphatic heterocycles. The molecule has 1 amide bonds. The summed E-state index contributed by atoms with van der Waals surface area (Å²) in [6.45, 7) is 1.41. The van der Waals surface area contributed by atoms with E-state index in [0.29, 0.717) is 13.0 Å². The van der Waals surface area contributed by atoms with Crippen molar-refractivity contribution in [1.29, 1.82) is 0 Å². The van der Waals surface area contributed by atoms with Gasteiger partial charge in [-0.1, -0.05) is 36.4 Å². The summed E-state index contributed by atoms with van der Waals surface area (Å²) >= 11 is 0. The summed E-state index contributed by atoms with van der Waals surface area (Å²) < 4.78 is 5.67. The molecular formula is C18H17NO2. The molecule has 0 N–H and O–H groups in total.